The van der Waals surface area contributed by atoms with E-state index in [0.717, 1.165) is 31.8 Å². The topological polar surface area (TPSA) is 43.9 Å². The molecule has 0 radical (unpaired) electrons. The maximum atomic E-state index is 12.9. The lowest BCUT2D eigenvalue weighted by molar-refractivity contribution is -0.142. The smallest absolute Gasteiger partial charge is 0.227 e. The standard InChI is InChI=1S/C22H39N3O2/c1-22(2,3)25-12-11-19(17-25)21(27)24-15-13-23(14-16-24)20(26)10-9-18-7-5-4-6-8-18/h18-19H,4-17H2,1-3H3/t19-/m0/s1. The first-order valence-electron chi connectivity index (χ1n) is 11.2. The Labute approximate surface area is 165 Å². The first-order chi connectivity index (χ1) is 12.8. The highest BCUT2D eigenvalue weighted by atomic mass is 16.2. The average molecular weight is 378 g/mol. The fourth-order valence-electron chi connectivity index (χ4n) is 4.97. The molecule has 5 nitrogen and oxygen atoms in total. The molecule has 3 rings (SSSR count). The van der Waals surface area contributed by atoms with Crippen LogP contribution >= 0.6 is 0 Å². The maximum Gasteiger partial charge on any atom is 0.227 e. The number of hydrogen-bond donors (Lipinski definition) is 0. The molecule has 0 aromatic carbocycles. The summed E-state index contributed by atoms with van der Waals surface area (Å²) < 4.78 is 0. The predicted molar refractivity (Wildman–Crippen MR) is 108 cm³/mol. The molecule has 0 unspecified atom stereocenters. The second-order valence-corrected chi connectivity index (χ2v) is 9.85. The summed E-state index contributed by atoms with van der Waals surface area (Å²) in [5, 5.41) is 0. The lowest BCUT2D eigenvalue weighted by atomic mass is 9.86. The number of nitrogens with zero attached hydrogens (tertiary/aromatic N) is 3. The lowest BCUT2D eigenvalue weighted by Gasteiger charge is -2.36. The van der Waals surface area contributed by atoms with E-state index >= 15 is 0 Å². The van der Waals surface area contributed by atoms with Gasteiger partial charge in [-0.15, -0.1) is 0 Å². The van der Waals surface area contributed by atoms with Crippen molar-refractivity contribution in [3.05, 3.63) is 0 Å². The molecule has 0 aromatic heterocycles. The summed E-state index contributed by atoms with van der Waals surface area (Å²) >= 11 is 0. The highest BCUT2D eigenvalue weighted by Crippen LogP contribution is 2.28. The Morgan fingerprint density at radius 1 is 0.852 bits per heavy atom. The molecular formula is C22H39N3O2. The Morgan fingerprint density at radius 3 is 2.07 bits per heavy atom. The SMILES string of the molecule is CC(C)(C)N1CC[C@H](C(=O)N2CCN(C(=O)CCC3CCCCC3)CC2)C1. The van der Waals surface area contributed by atoms with Crippen LogP contribution in [-0.2, 0) is 9.59 Å². The number of carbonyl (C=O) groups excluding carboxylic acids is 2. The van der Waals surface area contributed by atoms with Crippen LogP contribution in [0.2, 0.25) is 0 Å². The van der Waals surface area contributed by atoms with E-state index in [1.54, 1.807) is 0 Å². The molecule has 1 atom stereocenters. The van der Waals surface area contributed by atoms with Crippen LogP contribution in [0.1, 0.15) is 72.1 Å². The summed E-state index contributed by atoms with van der Waals surface area (Å²) in [5.41, 5.74) is 0.137. The third-order valence-electron chi connectivity index (χ3n) is 6.92. The highest BCUT2D eigenvalue weighted by molar-refractivity contribution is 5.80. The predicted octanol–water partition coefficient (Wildman–Crippen LogP) is 3.14. The van der Waals surface area contributed by atoms with Crippen molar-refractivity contribution in [3.8, 4) is 0 Å². The molecule has 1 saturated carbocycles. The molecule has 0 aromatic rings. The molecule has 2 heterocycles. The lowest BCUT2D eigenvalue weighted by Crippen LogP contribution is -2.52. The molecule has 3 fully saturated rings. The van der Waals surface area contributed by atoms with Crippen molar-refractivity contribution in [3.63, 3.8) is 0 Å². The Morgan fingerprint density at radius 2 is 1.48 bits per heavy atom. The first kappa shape index (κ1) is 20.6. The van der Waals surface area contributed by atoms with Gasteiger partial charge >= 0.3 is 0 Å². The van der Waals surface area contributed by atoms with Gasteiger partial charge in [0.2, 0.25) is 11.8 Å². The van der Waals surface area contributed by atoms with Crippen molar-refractivity contribution >= 4 is 11.8 Å². The number of carbonyl (C=O) groups is 2. The Balaban J connectivity index is 1.39. The molecule has 27 heavy (non-hydrogen) atoms. The van der Waals surface area contributed by atoms with Gasteiger partial charge in [-0.05, 0) is 46.1 Å². The molecule has 0 N–H and O–H groups in total. The minimum Gasteiger partial charge on any atom is -0.339 e. The zero-order valence-electron chi connectivity index (χ0n) is 17.7. The van der Waals surface area contributed by atoms with Crippen LogP contribution in [0.4, 0.5) is 0 Å². The normalized spacial score (nSPS) is 25.8. The quantitative estimate of drug-likeness (QED) is 0.756. The van der Waals surface area contributed by atoms with Gasteiger partial charge in [-0.1, -0.05) is 32.1 Å². The Kier molecular flexibility index (Phi) is 6.83. The monoisotopic (exact) mass is 377 g/mol. The molecule has 2 aliphatic heterocycles. The summed E-state index contributed by atoms with van der Waals surface area (Å²) in [6.45, 7) is 11.4. The second kappa shape index (κ2) is 8.93. The fourth-order valence-corrected chi connectivity index (χ4v) is 4.97. The van der Waals surface area contributed by atoms with Crippen LogP contribution in [0.3, 0.4) is 0 Å². The van der Waals surface area contributed by atoms with E-state index in [2.05, 4.69) is 25.7 Å². The summed E-state index contributed by atoms with van der Waals surface area (Å²) in [5.74, 6) is 1.50. The van der Waals surface area contributed by atoms with Crippen LogP contribution in [0.15, 0.2) is 0 Å². The van der Waals surface area contributed by atoms with Crippen LogP contribution < -0.4 is 0 Å². The summed E-state index contributed by atoms with van der Waals surface area (Å²) in [7, 11) is 0. The van der Waals surface area contributed by atoms with Gasteiger partial charge in [0.05, 0.1) is 5.92 Å². The number of amides is 2. The van der Waals surface area contributed by atoms with Gasteiger partial charge in [-0.25, -0.2) is 0 Å². The highest BCUT2D eigenvalue weighted by Gasteiger charge is 2.36. The Bertz CT molecular complexity index is 514. The van der Waals surface area contributed by atoms with E-state index in [0.29, 0.717) is 44.4 Å². The third kappa shape index (κ3) is 5.46. The average Bonchev–Trinajstić information content (AvgIpc) is 3.17. The van der Waals surface area contributed by atoms with Crippen molar-refractivity contribution in [2.24, 2.45) is 11.8 Å². The largest absolute Gasteiger partial charge is 0.339 e. The van der Waals surface area contributed by atoms with Gasteiger partial charge in [0.15, 0.2) is 0 Å². The van der Waals surface area contributed by atoms with Crippen LogP contribution in [0.5, 0.6) is 0 Å². The molecule has 0 spiro atoms. The first-order valence-corrected chi connectivity index (χ1v) is 11.2. The van der Waals surface area contributed by atoms with E-state index in [4.69, 9.17) is 0 Å². The van der Waals surface area contributed by atoms with E-state index in [1.165, 1.54) is 32.1 Å². The van der Waals surface area contributed by atoms with Crippen LogP contribution in [0.25, 0.3) is 0 Å². The second-order valence-electron chi connectivity index (χ2n) is 9.85. The minimum atomic E-state index is 0.137. The van der Waals surface area contributed by atoms with Crippen molar-refractivity contribution in [2.75, 3.05) is 39.3 Å². The van der Waals surface area contributed by atoms with Crippen LogP contribution in [-0.4, -0.2) is 71.3 Å². The fraction of sp³-hybridized carbons (Fsp3) is 0.909. The number of piperazine rings is 1. The maximum absolute atomic E-state index is 12.9. The zero-order chi connectivity index (χ0) is 19.4. The van der Waals surface area contributed by atoms with Crippen molar-refractivity contribution in [1.82, 2.24) is 14.7 Å². The van der Waals surface area contributed by atoms with Gasteiger partial charge in [0.1, 0.15) is 0 Å². The molecular weight excluding hydrogens is 338 g/mol. The van der Waals surface area contributed by atoms with Crippen molar-refractivity contribution in [1.29, 1.82) is 0 Å². The minimum absolute atomic E-state index is 0.137. The molecule has 5 heteroatoms. The molecule has 2 amide bonds. The van der Waals surface area contributed by atoms with Crippen LogP contribution in [0, 0.1) is 11.8 Å². The third-order valence-corrected chi connectivity index (χ3v) is 6.92. The molecule has 1 aliphatic carbocycles. The van der Waals surface area contributed by atoms with Gasteiger partial charge < -0.3 is 9.80 Å². The van der Waals surface area contributed by atoms with Gasteiger partial charge in [-0.3, -0.25) is 14.5 Å². The molecule has 3 aliphatic rings. The number of hydrogen-bond acceptors (Lipinski definition) is 3. The number of likely N-dealkylation sites (tertiary alicyclic amines) is 1. The molecule has 0 bridgehead atoms. The van der Waals surface area contributed by atoms with E-state index < -0.39 is 0 Å². The summed E-state index contributed by atoms with van der Waals surface area (Å²) in [4.78, 5) is 31.8. The summed E-state index contributed by atoms with van der Waals surface area (Å²) in [6.07, 6.45) is 9.39. The summed E-state index contributed by atoms with van der Waals surface area (Å²) in [6, 6.07) is 0. The van der Waals surface area contributed by atoms with Gasteiger partial charge in [0.25, 0.3) is 0 Å². The molecule has 2 saturated heterocycles. The van der Waals surface area contributed by atoms with Crippen molar-refractivity contribution < 1.29 is 9.59 Å². The van der Waals surface area contributed by atoms with Gasteiger partial charge in [0, 0.05) is 44.7 Å². The molecule has 154 valence electrons. The zero-order valence-corrected chi connectivity index (χ0v) is 17.7. The Hall–Kier alpha value is -1.10. The van der Waals surface area contributed by atoms with Gasteiger partial charge in [-0.2, -0.15) is 0 Å². The van der Waals surface area contributed by atoms with E-state index in [1.807, 2.05) is 9.80 Å². The number of rotatable bonds is 4. The van der Waals surface area contributed by atoms with Crippen molar-refractivity contribution in [2.45, 2.75) is 77.7 Å². The van der Waals surface area contributed by atoms with E-state index in [-0.39, 0.29) is 11.5 Å². The van der Waals surface area contributed by atoms with E-state index in [9.17, 15) is 9.59 Å².